The largest absolute Gasteiger partial charge is 0.496 e. The Kier molecular flexibility index (Phi) is 2.29. The summed E-state index contributed by atoms with van der Waals surface area (Å²) in [6, 6.07) is 10.5. The molecule has 0 aliphatic rings. The van der Waals surface area contributed by atoms with Crippen LogP contribution in [0, 0.1) is 0 Å². The van der Waals surface area contributed by atoms with Crippen LogP contribution in [-0.4, -0.2) is 18.2 Å². The molecule has 0 spiro atoms. The Bertz CT molecular complexity index is 517. The second-order valence-corrected chi connectivity index (χ2v) is 3.17. The van der Waals surface area contributed by atoms with Crippen LogP contribution in [0.25, 0.3) is 10.8 Å². The van der Waals surface area contributed by atoms with Crippen molar-refractivity contribution in [2.45, 2.75) is 0 Å². The van der Waals surface area contributed by atoms with E-state index in [1.54, 1.807) is 31.4 Å². The zero-order valence-corrected chi connectivity index (χ0v) is 8.23. The first-order chi connectivity index (χ1) is 7.24. The van der Waals surface area contributed by atoms with Crippen LogP contribution in [0.15, 0.2) is 36.4 Å². The third kappa shape index (κ3) is 1.52. The fourth-order valence-corrected chi connectivity index (χ4v) is 1.65. The highest BCUT2D eigenvalue weighted by Crippen LogP contribution is 2.27. The first kappa shape index (κ1) is 9.52. The Balaban J connectivity index is 2.82. The average molecular weight is 202 g/mol. The van der Waals surface area contributed by atoms with Gasteiger partial charge in [-0.1, -0.05) is 24.3 Å². The molecular formula is C12H10O3. The second-order valence-electron chi connectivity index (χ2n) is 3.17. The maximum absolute atomic E-state index is 11.0. The van der Waals surface area contributed by atoms with Gasteiger partial charge in [0.2, 0.25) is 0 Å². The van der Waals surface area contributed by atoms with E-state index in [-0.39, 0.29) is 0 Å². The molecule has 0 aromatic heterocycles. The van der Waals surface area contributed by atoms with Gasteiger partial charge in [-0.25, -0.2) is 4.79 Å². The van der Waals surface area contributed by atoms with Gasteiger partial charge < -0.3 is 9.84 Å². The molecule has 0 aliphatic heterocycles. The highest BCUT2D eigenvalue weighted by Gasteiger charge is 2.09. The molecule has 0 unspecified atom stereocenters. The lowest BCUT2D eigenvalue weighted by molar-refractivity contribution is 0.0699. The number of hydrogen-bond acceptors (Lipinski definition) is 2. The van der Waals surface area contributed by atoms with Gasteiger partial charge in [0.25, 0.3) is 0 Å². The van der Waals surface area contributed by atoms with E-state index < -0.39 is 5.97 Å². The molecular weight excluding hydrogens is 192 g/mol. The van der Waals surface area contributed by atoms with Gasteiger partial charge in [-0.3, -0.25) is 0 Å². The SMILES string of the molecule is COc1cccc2c(C(=O)O)cccc12. The highest BCUT2D eigenvalue weighted by atomic mass is 16.5. The van der Waals surface area contributed by atoms with Crippen molar-refractivity contribution in [2.75, 3.05) is 7.11 Å². The van der Waals surface area contributed by atoms with Crippen LogP contribution >= 0.6 is 0 Å². The average Bonchev–Trinajstić information content (AvgIpc) is 2.27. The van der Waals surface area contributed by atoms with Crippen molar-refractivity contribution in [3.05, 3.63) is 42.0 Å². The molecule has 2 rings (SSSR count). The molecule has 2 aromatic carbocycles. The summed E-state index contributed by atoms with van der Waals surface area (Å²) in [4.78, 5) is 11.0. The lowest BCUT2D eigenvalue weighted by atomic mass is 10.0. The van der Waals surface area contributed by atoms with E-state index in [9.17, 15) is 4.79 Å². The number of fused-ring (bicyclic) bond motifs is 1. The van der Waals surface area contributed by atoms with E-state index in [2.05, 4.69) is 0 Å². The number of aromatic carboxylic acids is 1. The van der Waals surface area contributed by atoms with Gasteiger partial charge in [-0.15, -0.1) is 0 Å². The Morgan fingerprint density at radius 1 is 1.13 bits per heavy atom. The van der Waals surface area contributed by atoms with Crippen LogP contribution in [0.5, 0.6) is 5.75 Å². The van der Waals surface area contributed by atoms with E-state index in [1.807, 2.05) is 12.1 Å². The first-order valence-corrected chi connectivity index (χ1v) is 4.53. The number of benzene rings is 2. The van der Waals surface area contributed by atoms with Crippen molar-refractivity contribution < 1.29 is 14.6 Å². The third-order valence-corrected chi connectivity index (χ3v) is 2.33. The Labute approximate surface area is 86.9 Å². The van der Waals surface area contributed by atoms with E-state index in [0.29, 0.717) is 16.7 Å². The van der Waals surface area contributed by atoms with Crippen LogP contribution in [0.2, 0.25) is 0 Å². The van der Waals surface area contributed by atoms with Crippen LogP contribution in [0.3, 0.4) is 0 Å². The number of methoxy groups -OCH3 is 1. The lowest BCUT2D eigenvalue weighted by Crippen LogP contribution is -1.97. The predicted octanol–water partition coefficient (Wildman–Crippen LogP) is 2.55. The van der Waals surface area contributed by atoms with E-state index in [1.165, 1.54) is 0 Å². The standard InChI is InChI=1S/C12H10O3/c1-15-11-7-3-4-8-9(11)5-2-6-10(8)12(13)14/h2-7H,1H3,(H,13,14). The molecule has 0 heterocycles. The molecule has 0 saturated carbocycles. The molecule has 15 heavy (non-hydrogen) atoms. The summed E-state index contributed by atoms with van der Waals surface area (Å²) < 4.78 is 5.17. The summed E-state index contributed by atoms with van der Waals surface area (Å²) >= 11 is 0. The minimum absolute atomic E-state index is 0.298. The molecule has 76 valence electrons. The number of carbonyl (C=O) groups is 1. The summed E-state index contributed by atoms with van der Waals surface area (Å²) in [5, 5.41) is 10.5. The minimum Gasteiger partial charge on any atom is -0.496 e. The Morgan fingerprint density at radius 3 is 2.47 bits per heavy atom. The fraction of sp³-hybridized carbons (Fsp3) is 0.0833. The maximum Gasteiger partial charge on any atom is 0.336 e. The molecule has 0 radical (unpaired) electrons. The predicted molar refractivity (Wildman–Crippen MR) is 57.5 cm³/mol. The number of ether oxygens (including phenoxy) is 1. The number of hydrogen-bond donors (Lipinski definition) is 1. The Morgan fingerprint density at radius 2 is 1.80 bits per heavy atom. The van der Waals surface area contributed by atoms with Crippen molar-refractivity contribution in [1.29, 1.82) is 0 Å². The molecule has 0 aliphatic carbocycles. The molecule has 1 N–H and O–H groups in total. The molecule has 3 heteroatoms. The van der Waals surface area contributed by atoms with Gasteiger partial charge in [-0.2, -0.15) is 0 Å². The van der Waals surface area contributed by atoms with Gasteiger partial charge in [0, 0.05) is 5.39 Å². The van der Waals surface area contributed by atoms with Gasteiger partial charge in [-0.05, 0) is 17.5 Å². The fourth-order valence-electron chi connectivity index (χ4n) is 1.65. The van der Waals surface area contributed by atoms with E-state index in [0.717, 1.165) is 5.39 Å². The van der Waals surface area contributed by atoms with Crippen molar-refractivity contribution >= 4 is 16.7 Å². The summed E-state index contributed by atoms with van der Waals surface area (Å²) in [7, 11) is 1.57. The second kappa shape index (κ2) is 3.61. The van der Waals surface area contributed by atoms with E-state index >= 15 is 0 Å². The minimum atomic E-state index is -0.922. The quantitative estimate of drug-likeness (QED) is 0.814. The van der Waals surface area contributed by atoms with Crippen molar-refractivity contribution in [1.82, 2.24) is 0 Å². The summed E-state index contributed by atoms with van der Waals surface area (Å²) in [6.07, 6.45) is 0. The van der Waals surface area contributed by atoms with Gasteiger partial charge >= 0.3 is 5.97 Å². The topological polar surface area (TPSA) is 46.5 Å². The maximum atomic E-state index is 11.0. The summed E-state index contributed by atoms with van der Waals surface area (Å²) in [5.74, 6) is -0.232. The number of rotatable bonds is 2. The van der Waals surface area contributed by atoms with Gasteiger partial charge in [0.1, 0.15) is 5.75 Å². The molecule has 0 amide bonds. The molecule has 0 atom stereocenters. The molecule has 2 aromatic rings. The monoisotopic (exact) mass is 202 g/mol. The summed E-state index contributed by atoms with van der Waals surface area (Å²) in [6.45, 7) is 0. The normalized spacial score (nSPS) is 10.2. The number of carboxylic acid groups (broad SMARTS) is 1. The zero-order valence-electron chi connectivity index (χ0n) is 8.23. The van der Waals surface area contributed by atoms with Crippen LogP contribution in [0.4, 0.5) is 0 Å². The molecule has 0 fully saturated rings. The van der Waals surface area contributed by atoms with Crippen LogP contribution in [0.1, 0.15) is 10.4 Å². The molecule has 0 saturated heterocycles. The van der Waals surface area contributed by atoms with Gasteiger partial charge in [0.15, 0.2) is 0 Å². The zero-order chi connectivity index (χ0) is 10.8. The van der Waals surface area contributed by atoms with E-state index in [4.69, 9.17) is 9.84 Å². The smallest absolute Gasteiger partial charge is 0.336 e. The third-order valence-electron chi connectivity index (χ3n) is 2.33. The van der Waals surface area contributed by atoms with Crippen molar-refractivity contribution in [3.63, 3.8) is 0 Å². The Hall–Kier alpha value is -2.03. The molecule has 0 bridgehead atoms. The lowest BCUT2D eigenvalue weighted by Gasteiger charge is -2.06. The van der Waals surface area contributed by atoms with Gasteiger partial charge in [0.05, 0.1) is 12.7 Å². The van der Waals surface area contributed by atoms with Crippen molar-refractivity contribution in [3.8, 4) is 5.75 Å². The van der Waals surface area contributed by atoms with Crippen LogP contribution in [-0.2, 0) is 0 Å². The van der Waals surface area contributed by atoms with Crippen molar-refractivity contribution in [2.24, 2.45) is 0 Å². The first-order valence-electron chi connectivity index (χ1n) is 4.53. The number of carboxylic acids is 1. The van der Waals surface area contributed by atoms with Crippen LogP contribution < -0.4 is 4.74 Å². The highest BCUT2D eigenvalue weighted by molar-refractivity contribution is 6.05. The summed E-state index contributed by atoms with van der Waals surface area (Å²) in [5.41, 5.74) is 0.298. The molecule has 3 nitrogen and oxygen atoms in total.